The minimum Gasteiger partial charge on any atom is -0.312 e. The number of hydrogen-bond acceptors (Lipinski definition) is 2. The van der Waals surface area contributed by atoms with Crippen molar-refractivity contribution in [1.29, 1.82) is 0 Å². The second-order valence-electron chi connectivity index (χ2n) is 5.42. The molecule has 0 saturated carbocycles. The standard InChI is InChI=1S/C13H30N2/c1-7-12(3)15(8-2)11-9-10-14-13(4,5)6/h12,14H,7-11H2,1-6H3. The fraction of sp³-hybridized carbons (Fsp3) is 1.00. The van der Waals surface area contributed by atoms with E-state index >= 15 is 0 Å². The molecule has 0 aromatic rings. The summed E-state index contributed by atoms with van der Waals surface area (Å²) in [4.78, 5) is 2.56. The smallest absolute Gasteiger partial charge is 0.00965 e. The van der Waals surface area contributed by atoms with Crippen molar-refractivity contribution >= 4 is 0 Å². The van der Waals surface area contributed by atoms with Gasteiger partial charge in [0, 0.05) is 11.6 Å². The van der Waals surface area contributed by atoms with Crippen LogP contribution >= 0.6 is 0 Å². The first-order chi connectivity index (χ1) is 6.90. The Morgan fingerprint density at radius 1 is 1.20 bits per heavy atom. The molecule has 1 unspecified atom stereocenters. The maximum Gasteiger partial charge on any atom is 0.00965 e. The van der Waals surface area contributed by atoms with E-state index in [4.69, 9.17) is 0 Å². The summed E-state index contributed by atoms with van der Waals surface area (Å²) in [6.45, 7) is 17.0. The molecule has 0 bridgehead atoms. The van der Waals surface area contributed by atoms with E-state index in [1.54, 1.807) is 0 Å². The van der Waals surface area contributed by atoms with Crippen molar-refractivity contribution in [3.05, 3.63) is 0 Å². The van der Waals surface area contributed by atoms with Crippen LogP contribution in [0.25, 0.3) is 0 Å². The summed E-state index contributed by atoms with van der Waals surface area (Å²) in [6, 6.07) is 0.727. The summed E-state index contributed by atoms with van der Waals surface area (Å²) >= 11 is 0. The molecule has 0 aromatic heterocycles. The Morgan fingerprint density at radius 3 is 2.20 bits per heavy atom. The zero-order valence-corrected chi connectivity index (χ0v) is 11.6. The average Bonchev–Trinajstić information content (AvgIpc) is 2.15. The Balaban J connectivity index is 3.64. The molecule has 92 valence electrons. The Bertz CT molecular complexity index is 149. The Hall–Kier alpha value is -0.0800. The SMILES string of the molecule is CCC(C)N(CC)CCCNC(C)(C)C. The molecule has 15 heavy (non-hydrogen) atoms. The van der Waals surface area contributed by atoms with Gasteiger partial charge in [-0.15, -0.1) is 0 Å². The van der Waals surface area contributed by atoms with Crippen molar-refractivity contribution in [1.82, 2.24) is 10.2 Å². The first-order valence-corrected chi connectivity index (χ1v) is 6.39. The highest BCUT2D eigenvalue weighted by Crippen LogP contribution is 2.04. The zero-order valence-electron chi connectivity index (χ0n) is 11.6. The van der Waals surface area contributed by atoms with E-state index in [-0.39, 0.29) is 5.54 Å². The second kappa shape index (κ2) is 7.24. The van der Waals surface area contributed by atoms with E-state index in [9.17, 15) is 0 Å². The van der Waals surface area contributed by atoms with Crippen LogP contribution in [0.5, 0.6) is 0 Å². The van der Waals surface area contributed by atoms with Crippen LogP contribution in [0.3, 0.4) is 0 Å². The minimum absolute atomic E-state index is 0.257. The van der Waals surface area contributed by atoms with Crippen molar-refractivity contribution < 1.29 is 0 Å². The number of nitrogens with zero attached hydrogens (tertiary/aromatic N) is 1. The molecule has 1 N–H and O–H groups in total. The van der Waals surface area contributed by atoms with Crippen LogP contribution < -0.4 is 5.32 Å². The molecule has 0 aliphatic rings. The van der Waals surface area contributed by atoms with E-state index in [1.807, 2.05) is 0 Å². The third-order valence-electron chi connectivity index (χ3n) is 2.90. The van der Waals surface area contributed by atoms with Gasteiger partial charge in [0.2, 0.25) is 0 Å². The molecule has 0 aliphatic heterocycles. The number of hydrogen-bond donors (Lipinski definition) is 1. The van der Waals surface area contributed by atoms with Crippen LogP contribution in [0.4, 0.5) is 0 Å². The molecule has 0 aliphatic carbocycles. The molecule has 0 heterocycles. The molecule has 1 atom stereocenters. The summed E-state index contributed by atoms with van der Waals surface area (Å²) in [6.07, 6.45) is 2.50. The third kappa shape index (κ3) is 7.80. The van der Waals surface area contributed by atoms with Crippen molar-refractivity contribution in [3.63, 3.8) is 0 Å². The highest BCUT2D eigenvalue weighted by atomic mass is 15.1. The van der Waals surface area contributed by atoms with Crippen LogP contribution in [-0.4, -0.2) is 36.1 Å². The molecule has 0 amide bonds. The molecule has 0 saturated heterocycles. The molecular formula is C13H30N2. The van der Waals surface area contributed by atoms with Gasteiger partial charge in [0.15, 0.2) is 0 Å². The maximum absolute atomic E-state index is 3.53. The van der Waals surface area contributed by atoms with Gasteiger partial charge in [-0.2, -0.15) is 0 Å². The van der Waals surface area contributed by atoms with Crippen molar-refractivity contribution in [2.45, 2.75) is 66.0 Å². The molecule has 0 radical (unpaired) electrons. The van der Waals surface area contributed by atoms with Crippen LogP contribution in [0.2, 0.25) is 0 Å². The summed E-state index contributed by atoms with van der Waals surface area (Å²) < 4.78 is 0. The fourth-order valence-electron chi connectivity index (χ4n) is 1.69. The van der Waals surface area contributed by atoms with Crippen molar-refractivity contribution in [2.24, 2.45) is 0 Å². The molecule has 2 heteroatoms. The van der Waals surface area contributed by atoms with Crippen LogP contribution in [0, 0.1) is 0 Å². The fourth-order valence-corrected chi connectivity index (χ4v) is 1.69. The molecule has 0 spiro atoms. The van der Waals surface area contributed by atoms with Crippen LogP contribution in [0.15, 0.2) is 0 Å². The summed E-state index contributed by atoms with van der Waals surface area (Å²) in [5.74, 6) is 0. The topological polar surface area (TPSA) is 15.3 Å². The van der Waals surface area contributed by atoms with Gasteiger partial charge >= 0.3 is 0 Å². The summed E-state index contributed by atoms with van der Waals surface area (Å²) in [5, 5.41) is 3.53. The monoisotopic (exact) mass is 214 g/mol. The van der Waals surface area contributed by atoms with E-state index in [0.29, 0.717) is 0 Å². The van der Waals surface area contributed by atoms with Gasteiger partial charge in [-0.3, -0.25) is 0 Å². The highest BCUT2D eigenvalue weighted by Gasteiger charge is 2.11. The summed E-state index contributed by atoms with van der Waals surface area (Å²) in [7, 11) is 0. The molecular weight excluding hydrogens is 184 g/mol. The lowest BCUT2D eigenvalue weighted by atomic mass is 10.1. The average molecular weight is 214 g/mol. The minimum atomic E-state index is 0.257. The van der Waals surface area contributed by atoms with Crippen molar-refractivity contribution in [3.8, 4) is 0 Å². The van der Waals surface area contributed by atoms with Crippen LogP contribution in [0.1, 0.15) is 54.4 Å². The van der Waals surface area contributed by atoms with Gasteiger partial charge in [-0.25, -0.2) is 0 Å². The van der Waals surface area contributed by atoms with Gasteiger partial charge in [-0.05, 0) is 60.2 Å². The maximum atomic E-state index is 3.53. The summed E-state index contributed by atoms with van der Waals surface area (Å²) in [5.41, 5.74) is 0.257. The van der Waals surface area contributed by atoms with Crippen LogP contribution in [-0.2, 0) is 0 Å². The van der Waals surface area contributed by atoms with Gasteiger partial charge in [0.1, 0.15) is 0 Å². The van der Waals surface area contributed by atoms with E-state index < -0.39 is 0 Å². The van der Waals surface area contributed by atoms with E-state index in [0.717, 1.165) is 12.6 Å². The molecule has 0 fully saturated rings. The Labute approximate surface area is 96.4 Å². The van der Waals surface area contributed by atoms with E-state index in [2.05, 4.69) is 51.8 Å². The first kappa shape index (κ1) is 14.9. The van der Waals surface area contributed by atoms with E-state index in [1.165, 1.54) is 25.9 Å². The lowest BCUT2D eigenvalue weighted by Crippen LogP contribution is -2.39. The van der Waals surface area contributed by atoms with Gasteiger partial charge < -0.3 is 10.2 Å². The molecule has 0 aromatic carbocycles. The normalized spacial score (nSPS) is 14.6. The number of rotatable bonds is 7. The van der Waals surface area contributed by atoms with Crippen molar-refractivity contribution in [2.75, 3.05) is 19.6 Å². The Kier molecular flexibility index (Phi) is 7.20. The third-order valence-corrected chi connectivity index (χ3v) is 2.90. The quantitative estimate of drug-likeness (QED) is 0.656. The lowest BCUT2D eigenvalue weighted by molar-refractivity contribution is 0.209. The lowest BCUT2D eigenvalue weighted by Gasteiger charge is -2.28. The first-order valence-electron chi connectivity index (χ1n) is 6.39. The predicted octanol–water partition coefficient (Wildman–Crippen LogP) is 2.89. The van der Waals surface area contributed by atoms with Gasteiger partial charge in [-0.1, -0.05) is 13.8 Å². The largest absolute Gasteiger partial charge is 0.312 e. The van der Waals surface area contributed by atoms with Gasteiger partial charge in [0.05, 0.1) is 0 Å². The zero-order chi connectivity index (χ0) is 11.9. The second-order valence-corrected chi connectivity index (χ2v) is 5.42. The predicted molar refractivity (Wildman–Crippen MR) is 69.4 cm³/mol. The molecule has 0 rings (SSSR count). The molecule has 2 nitrogen and oxygen atoms in total. The Morgan fingerprint density at radius 2 is 1.80 bits per heavy atom. The van der Waals surface area contributed by atoms with Gasteiger partial charge in [0.25, 0.3) is 0 Å². The number of nitrogens with one attached hydrogen (secondary N) is 1. The highest BCUT2D eigenvalue weighted by molar-refractivity contribution is 4.71.